The highest BCUT2D eigenvalue weighted by molar-refractivity contribution is 7.98. The van der Waals surface area contributed by atoms with E-state index in [1.54, 1.807) is 11.8 Å². The van der Waals surface area contributed by atoms with E-state index in [-0.39, 0.29) is 12.5 Å². The molecule has 0 saturated heterocycles. The van der Waals surface area contributed by atoms with E-state index < -0.39 is 6.04 Å². The normalized spacial score (nSPS) is 12.6. The van der Waals surface area contributed by atoms with Crippen molar-refractivity contribution < 1.29 is 9.63 Å². The lowest BCUT2D eigenvalue weighted by atomic mass is 10.2. The van der Waals surface area contributed by atoms with Gasteiger partial charge in [-0.1, -0.05) is 23.4 Å². The van der Waals surface area contributed by atoms with Gasteiger partial charge in [0.05, 0.1) is 12.4 Å². The molecule has 5 nitrogen and oxygen atoms in total. The fourth-order valence-electron chi connectivity index (χ4n) is 1.42. The Morgan fingerprint density at radius 2 is 2.22 bits per heavy atom. The summed E-state index contributed by atoms with van der Waals surface area (Å²) in [6.07, 6.45) is 0. The number of aliphatic hydroxyl groups is 1. The van der Waals surface area contributed by atoms with Gasteiger partial charge in [-0.05, 0) is 18.6 Å². The summed E-state index contributed by atoms with van der Waals surface area (Å²) < 4.78 is 4.98. The number of hydrogen-bond acceptors (Lipinski definition) is 6. The maximum atomic E-state index is 8.88. The van der Waals surface area contributed by atoms with Gasteiger partial charge in [0.1, 0.15) is 6.04 Å². The van der Waals surface area contributed by atoms with Gasteiger partial charge in [-0.2, -0.15) is 4.98 Å². The monoisotopic (exact) mass is 265 g/mol. The first-order valence-electron chi connectivity index (χ1n) is 5.58. The number of benzene rings is 1. The van der Waals surface area contributed by atoms with E-state index in [0.717, 1.165) is 0 Å². The van der Waals surface area contributed by atoms with Crippen molar-refractivity contribution in [1.29, 1.82) is 0 Å². The minimum Gasteiger partial charge on any atom is -0.394 e. The molecule has 3 N–H and O–H groups in total. The number of hydrogen-bond donors (Lipinski definition) is 2. The molecule has 2 rings (SSSR count). The van der Waals surface area contributed by atoms with Crippen LogP contribution >= 0.6 is 11.8 Å². The van der Waals surface area contributed by atoms with Crippen molar-refractivity contribution in [2.45, 2.75) is 23.6 Å². The Balaban J connectivity index is 1.98. The van der Waals surface area contributed by atoms with Gasteiger partial charge in [-0.25, -0.2) is 0 Å². The number of aromatic nitrogens is 2. The summed E-state index contributed by atoms with van der Waals surface area (Å²) in [6.45, 7) is 1.86. The molecular weight excluding hydrogens is 250 g/mol. The molecule has 0 aliphatic rings. The Morgan fingerprint density at radius 1 is 1.44 bits per heavy atom. The summed E-state index contributed by atoms with van der Waals surface area (Å²) in [6, 6.07) is 7.52. The highest BCUT2D eigenvalue weighted by Gasteiger charge is 2.13. The molecule has 0 saturated carbocycles. The first-order chi connectivity index (χ1) is 8.70. The highest BCUT2D eigenvalue weighted by Crippen LogP contribution is 2.24. The number of rotatable bonds is 5. The summed E-state index contributed by atoms with van der Waals surface area (Å²) in [4.78, 5) is 5.33. The Labute approximate surface area is 109 Å². The molecule has 1 atom stereocenters. The first kappa shape index (κ1) is 13.1. The minimum atomic E-state index is -0.602. The Hall–Kier alpha value is -1.37. The maximum absolute atomic E-state index is 8.88. The third-order valence-electron chi connectivity index (χ3n) is 2.45. The van der Waals surface area contributed by atoms with E-state index in [2.05, 4.69) is 29.2 Å². The summed E-state index contributed by atoms with van der Waals surface area (Å²) >= 11 is 1.64. The van der Waals surface area contributed by atoms with Gasteiger partial charge in [-0.3, -0.25) is 0 Å². The summed E-state index contributed by atoms with van der Waals surface area (Å²) in [5, 5.41) is 12.7. The Morgan fingerprint density at radius 3 is 2.94 bits per heavy atom. The standard InChI is InChI=1S/C12H15N3O2S/c1-8-4-2-3-5-10(8)18-7-11-14-12(17-15-11)9(13)6-16/h2-5,9,16H,6-7,13H2,1H3/t9-/m1/s1. The second kappa shape index (κ2) is 5.99. The van der Waals surface area contributed by atoms with Gasteiger partial charge in [0.15, 0.2) is 5.82 Å². The minimum absolute atomic E-state index is 0.202. The van der Waals surface area contributed by atoms with Gasteiger partial charge in [0, 0.05) is 4.90 Å². The molecule has 0 aliphatic heterocycles. The van der Waals surface area contributed by atoms with Crippen molar-refractivity contribution in [1.82, 2.24) is 10.1 Å². The van der Waals surface area contributed by atoms with Crippen LogP contribution in [-0.2, 0) is 5.75 Å². The zero-order chi connectivity index (χ0) is 13.0. The van der Waals surface area contributed by atoms with E-state index >= 15 is 0 Å². The predicted molar refractivity (Wildman–Crippen MR) is 69.1 cm³/mol. The van der Waals surface area contributed by atoms with Crippen LogP contribution in [0.2, 0.25) is 0 Å². The molecule has 0 aliphatic carbocycles. The highest BCUT2D eigenvalue weighted by atomic mass is 32.2. The fourth-order valence-corrected chi connectivity index (χ4v) is 2.29. The van der Waals surface area contributed by atoms with Gasteiger partial charge in [0.25, 0.3) is 0 Å². The predicted octanol–water partition coefficient (Wildman–Crippen LogP) is 1.66. The largest absolute Gasteiger partial charge is 0.394 e. The fraction of sp³-hybridized carbons (Fsp3) is 0.333. The van der Waals surface area contributed by atoms with Crippen LogP contribution in [-0.4, -0.2) is 21.9 Å². The molecule has 0 radical (unpaired) electrons. The van der Waals surface area contributed by atoms with Crippen molar-refractivity contribution in [3.8, 4) is 0 Å². The summed E-state index contributed by atoms with van der Waals surface area (Å²) in [7, 11) is 0. The van der Waals surface area contributed by atoms with Crippen LogP contribution in [0.5, 0.6) is 0 Å². The Kier molecular flexibility index (Phi) is 4.35. The number of aryl methyl sites for hydroxylation is 1. The molecule has 0 amide bonds. The van der Waals surface area contributed by atoms with Gasteiger partial charge in [-0.15, -0.1) is 11.8 Å². The first-order valence-corrected chi connectivity index (χ1v) is 6.56. The molecule has 0 unspecified atom stereocenters. The van der Waals surface area contributed by atoms with Crippen LogP contribution in [0.4, 0.5) is 0 Å². The number of nitrogens with two attached hydrogens (primary N) is 1. The van der Waals surface area contributed by atoms with Crippen molar-refractivity contribution in [3.63, 3.8) is 0 Å². The molecule has 1 aromatic carbocycles. The molecule has 1 heterocycles. The molecule has 6 heteroatoms. The lowest BCUT2D eigenvalue weighted by Gasteiger charge is -2.02. The van der Waals surface area contributed by atoms with E-state index in [1.165, 1.54) is 10.5 Å². The summed E-state index contributed by atoms with van der Waals surface area (Å²) in [5.74, 6) is 1.48. The van der Waals surface area contributed by atoms with Crippen molar-refractivity contribution in [3.05, 3.63) is 41.5 Å². The van der Waals surface area contributed by atoms with Gasteiger partial charge < -0.3 is 15.4 Å². The van der Waals surface area contributed by atoms with Crippen LogP contribution < -0.4 is 5.73 Å². The third-order valence-corrected chi connectivity index (χ3v) is 3.62. The van der Waals surface area contributed by atoms with Crippen molar-refractivity contribution in [2.24, 2.45) is 5.73 Å². The van der Waals surface area contributed by atoms with Crippen LogP contribution in [0.25, 0.3) is 0 Å². The smallest absolute Gasteiger partial charge is 0.245 e. The lowest BCUT2D eigenvalue weighted by molar-refractivity contribution is 0.236. The van der Waals surface area contributed by atoms with Crippen LogP contribution in [0, 0.1) is 6.92 Å². The van der Waals surface area contributed by atoms with Crippen molar-refractivity contribution >= 4 is 11.8 Å². The topological polar surface area (TPSA) is 85.2 Å². The van der Waals surface area contributed by atoms with E-state index in [1.807, 2.05) is 12.1 Å². The van der Waals surface area contributed by atoms with Crippen LogP contribution in [0.1, 0.15) is 23.3 Å². The lowest BCUT2D eigenvalue weighted by Crippen LogP contribution is -2.14. The van der Waals surface area contributed by atoms with Crippen LogP contribution in [0.15, 0.2) is 33.7 Å². The number of aliphatic hydroxyl groups excluding tert-OH is 1. The second-order valence-electron chi connectivity index (χ2n) is 3.89. The average molecular weight is 265 g/mol. The van der Waals surface area contributed by atoms with E-state index in [0.29, 0.717) is 11.6 Å². The molecule has 0 fully saturated rings. The maximum Gasteiger partial charge on any atom is 0.245 e. The van der Waals surface area contributed by atoms with Crippen LogP contribution in [0.3, 0.4) is 0 Å². The molecule has 18 heavy (non-hydrogen) atoms. The van der Waals surface area contributed by atoms with Gasteiger partial charge in [0.2, 0.25) is 5.89 Å². The Bertz CT molecular complexity index is 516. The number of nitrogens with zero attached hydrogens (tertiary/aromatic N) is 2. The van der Waals surface area contributed by atoms with Crippen molar-refractivity contribution in [2.75, 3.05) is 6.61 Å². The third kappa shape index (κ3) is 3.10. The summed E-state index contributed by atoms with van der Waals surface area (Å²) in [5.41, 5.74) is 6.81. The van der Waals surface area contributed by atoms with E-state index in [9.17, 15) is 0 Å². The quantitative estimate of drug-likeness (QED) is 0.800. The number of thioether (sulfide) groups is 1. The molecular formula is C12H15N3O2S. The average Bonchev–Trinajstić information content (AvgIpc) is 2.86. The second-order valence-corrected chi connectivity index (χ2v) is 4.91. The zero-order valence-electron chi connectivity index (χ0n) is 10.0. The molecule has 0 spiro atoms. The molecule has 0 bridgehead atoms. The molecule has 2 aromatic rings. The van der Waals surface area contributed by atoms with Gasteiger partial charge >= 0.3 is 0 Å². The molecule has 96 valence electrons. The van der Waals surface area contributed by atoms with E-state index in [4.69, 9.17) is 15.4 Å². The zero-order valence-corrected chi connectivity index (χ0v) is 10.9. The molecule has 1 aromatic heterocycles. The SMILES string of the molecule is Cc1ccccc1SCc1noc([C@H](N)CO)n1.